The van der Waals surface area contributed by atoms with Gasteiger partial charge in [0.2, 0.25) is 15.9 Å². The molecule has 2 aliphatic heterocycles. The zero-order chi connectivity index (χ0) is 25.8. The molecule has 3 N–H and O–H groups in total. The summed E-state index contributed by atoms with van der Waals surface area (Å²) < 4.78 is 31.6. The fourth-order valence-corrected chi connectivity index (χ4v) is 7.14. The van der Waals surface area contributed by atoms with Crippen LogP contribution in [0.2, 0.25) is 0 Å². The molecule has 11 heteroatoms. The van der Waals surface area contributed by atoms with Crippen LogP contribution in [0.5, 0.6) is 0 Å². The largest absolute Gasteiger partial charge is 0.394 e. The van der Waals surface area contributed by atoms with E-state index in [-0.39, 0.29) is 41.6 Å². The number of hydrogen-bond acceptors (Lipinski definition) is 7. The summed E-state index contributed by atoms with van der Waals surface area (Å²) in [5, 5.41) is 19.0. The van der Waals surface area contributed by atoms with Crippen LogP contribution in [-0.4, -0.2) is 84.0 Å². The van der Waals surface area contributed by atoms with Crippen molar-refractivity contribution in [2.75, 3.05) is 31.1 Å². The van der Waals surface area contributed by atoms with Gasteiger partial charge in [-0.05, 0) is 58.2 Å². The highest BCUT2D eigenvalue weighted by molar-refractivity contribution is 7.89. The highest BCUT2D eigenvalue weighted by Gasteiger charge is 2.42. The average Bonchev–Trinajstić information content (AvgIpc) is 3.22. The maximum Gasteiger partial charge on any atom is 0.246 e. The van der Waals surface area contributed by atoms with Gasteiger partial charge < -0.3 is 20.2 Å². The van der Waals surface area contributed by atoms with Crippen molar-refractivity contribution in [3.63, 3.8) is 0 Å². The van der Waals surface area contributed by atoms with E-state index in [1.54, 1.807) is 23.2 Å². The van der Waals surface area contributed by atoms with Crippen molar-refractivity contribution < 1.29 is 18.3 Å². The minimum atomic E-state index is -3.75. The number of piperazine rings is 1. The van der Waals surface area contributed by atoms with Crippen LogP contribution < -0.4 is 14.9 Å². The zero-order valence-corrected chi connectivity index (χ0v) is 22.0. The number of carbonyl (C=O) groups excluding carboxylic acids is 1. The summed E-state index contributed by atoms with van der Waals surface area (Å²) in [4.78, 5) is 16.4. The summed E-state index contributed by atoms with van der Waals surface area (Å²) >= 11 is 0. The van der Waals surface area contributed by atoms with Gasteiger partial charge in [-0.1, -0.05) is 6.58 Å². The predicted octanol–water partition coefficient (Wildman–Crippen LogP) is 1.37. The fourth-order valence-electron chi connectivity index (χ4n) is 5.64. The Morgan fingerprint density at radius 2 is 1.97 bits per heavy atom. The summed E-state index contributed by atoms with van der Waals surface area (Å²) in [6.45, 7) is 11.5. The molecule has 196 valence electrons. The molecule has 2 saturated heterocycles. The second-order valence-corrected chi connectivity index (χ2v) is 12.6. The minimum absolute atomic E-state index is 0.154. The maximum absolute atomic E-state index is 13.5. The van der Waals surface area contributed by atoms with Gasteiger partial charge in [0, 0.05) is 48.3 Å². The van der Waals surface area contributed by atoms with Crippen LogP contribution in [-0.2, 0) is 14.8 Å². The smallest absolute Gasteiger partial charge is 0.246 e. The molecule has 3 fully saturated rings. The van der Waals surface area contributed by atoms with E-state index in [9.17, 15) is 18.3 Å². The second kappa shape index (κ2) is 9.13. The molecule has 1 aromatic heterocycles. The van der Waals surface area contributed by atoms with E-state index < -0.39 is 15.6 Å². The highest BCUT2D eigenvalue weighted by Crippen LogP contribution is 2.39. The number of fused-ring (bicyclic) bond motifs is 1. The quantitative estimate of drug-likeness (QED) is 0.476. The molecule has 36 heavy (non-hydrogen) atoms. The van der Waals surface area contributed by atoms with E-state index >= 15 is 0 Å². The summed E-state index contributed by atoms with van der Waals surface area (Å²) in [6, 6.07) is 3.44. The van der Waals surface area contributed by atoms with Gasteiger partial charge >= 0.3 is 0 Å². The van der Waals surface area contributed by atoms with Gasteiger partial charge in [-0.3, -0.25) is 9.48 Å². The van der Waals surface area contributed by atoms with E-state index in [1.165, 1.54) is 6.08 Å². The number of amides is 1. The summed E-state index contributed by atoms with van der Waals surface area (Å²) in [6.07, 6.45) is 5.22. The molecule has 0 radical (unpaired) electrons. The van der Waals surface area contributed by atoms with Gasteiger partial charge in [-0.25, -0.2) is 13.1 Å². The molecule has 4 atom stereocenters. The Balaban J connectivity index is 1.60. The third-order valence-corrected chi connectivity index (χ3v) is 9.28. The summed E-state index contributed by atoms with van der Waals surface area (Å²) in [5.41, 5.74) is 1.16. The summed E-state index contributed by atoms with van der Waals surface area (Å²) in [7, 11) is -3.75. The van der Waals surface area contributed by atoms with E-state index in [1.807, 2.05) is 11.6 Å². The van der Waals surface area contributed by atoms with Crippen LogP contribution >= 0.6 is 0 Å². The monoisotopic (exact) mass is 516 g/mol. The number of benzene rings is 1. The number of hydrogen-bond donors (Lipinski definition) is 3. The fraction of sp³-hybridized carbons (Fsp3) is 0.600. The lowest BCUT2D eigenvalue weighted by Gasteiger charge is -2.38. The molecule has 2 aromatic rings. The standard InChI is InChI=1S/C25H36N6O4S/c1-5-24(33)30-14-18(8-19(30)15-32)31-23-10-20(36(34,35)28-25(4)6-7-25)9-22(21(23)11-26-31)29-12-16(2)27-17(3)13-29/h5,9-11,16-19,27-28,32H,1,6-8,12-15H2,2-4H3/t16-,17-,18+,19-/m0/s1. The maximum atomic E-state index is 13.5. The molecule has 1 saturated carbocycles. The Bertz CT molecular complexity index is 1280. The molecule has 5 rings (SSSR count). The van der Waals surface area contributed by atoms with Crippen LogP contribution in [0.25, 0.3) is 10.9 Å². The van der Waals surface area contributed by atoms with Crippen molar-refractivity contribution >= 4 is 32.5 Å². The van der Waals surface area contributed by atoms with Crippen molar-refractivity contribution in [2.24, 2.45) is 0 Å². The molecule has 0 unspecified atom stereocenters. The van der Waals surface area contributed by atoms with E-state index in [4.69, 9.17) is 0 Å². The number of likely N-dealkylation sites (tertiary alicyclic amines) is 1. The number of sulfonamides is 1. The van der Waals surface area contributed by atoms with Crippen molar-refractivity contribution in [2.45, 2.75) is 74.6 Å². The van der Waals surface area contributed by atoms with E-state index in [2.05, 4.69) is 40.5 Å². The first-order chi connectivity index (χ1) is 17.0. The van der Waals surface area contributed by atoms with E-state index in [0.29, 0.717) is 18.5 Å². The van der Waals surface area contributed by atoms with Crippen molar-refractivity contribution in [3.8, 4) is 0 Å². The van der Waals surface area contributed by atoms with Gasteiger partial charge in [0.25, 0.3) is 0 Å². The molecule has 3 heterocycles. The summed E-state index contributed by atoms with van der Waals surface area (Å²) in [5.74, 6) is -0.234. The van der Waals surface area contributed by atoms with Crippen LogP contribution in [0, 0.1) is 0 Å². The van der Waals surface area contributed by atoms with Crippen LogP contribution in [0.3, 0.4) is 0 Å². The first-order valence-electron chi connectivity index (χ1n) is 12.6. The van der Waals surface area contributed by atoms with Crippen molar-refractivity contribution in [1.29, 1.82) is 0 Å². The average molecular weight is 517 g/mol. The number of rotatable bonds is 7. The molecule has 3 aliphatic rings. The molecular weight excluding hydrogens is 480 g/mol. The molecule has 1 amide bonds. The number of carbonyl (C=O) groups is 1. The molecule has 0 bridgehead atoms. The number of nitrogens with zero attached hydrogens (tertiary/aromatic N) is 4. The third-order valence-electron chi connectivity index (χ3n) is 7.66. The van der Waals surface area contributed by atoms with Gasteiger partial charge in [-0.2, -0.15) is 5.10 Å². The van der Waals surface area contributed by atoms with Gasteiger partial charge in [0.05, 0.1) is 35.3 Å². The Labute approximate surface area is 212 Å². The number of nitrogens with one attached hydrogen (secondary N) is 2. The first-order valence-corrected chi connectivity index (χ1v) is 14.1. The highest BCUT2D eigenvalue weighted by atomic mass is 32.2. The third kappa shape index (κ3) is 4.65. The van der Waals surface area contributed by atoms with Crippen molar-refractivity contribution in [1.82, 2.24) is 24.7 Å². The number of aromatic nitrogens is 2. The Hall–Kier alpha value is -2.47. The lowest BCUT2D eigenvalue weighted by molar-refractivity contribution is -0.127. The van der Waals surface area contributed by atoms with Crippen LogP contribution in [0.15, 0.2) is 35.9 Å². The second-order valence-electron chi connectivity index (χ2n) is 10.9. The molecule has 1 aromatic carbocycles. The topological polar surface area (TPSA) is 120 Å². The molecule has 10 nitrogen and oxygen atoms in total. The van der Waals surface area contributed by atoms with Crippen LogP contribution in [0.1, 0.15) is 46.1 Å². The van der Waals surface area contributed by atoms with Crippen LogP contribution in [0.4, 0.5) is 5.69 Å². The zero-order valence-electron chi connectivity index (χ0n) is 21.1. The molecular formula is C25H36N6O4S. The number of aliphatic hydroxyl groups is 1. The SMILES string of the molecule is C=CC(=O)N1C[C@H](n2ncc3c(N4C[C@H](C)N[C@@H](C)C4)cc(S(=O)(=O)NC4(C)CC4)cc32)C[C@H]1CO. The Morgan fingerprint density at radius 1 is 1.28 bits per heavy atom. The lowest BCUT2D eigenvalue weighted by atomic mass is 10.1. The predicted molar refractivity (Wildman–Crippen MR) is 138 cm³/mol. The minimum Gasteiger partial charge on any atom is -0.394 e. The number of aliphatic hydroxyl groups excluding tert-OH is 1. The first kappa shape index (κ1) is 25.2. The van der Waals surface area contributed by atoms with E-state index in [0.717, 1.165) is 37.0 Å². The lowest BCUT2D eigenvalue weighted by Crippen LogP contribution is -2.54. The van der Waals surface area contributed by atoms with Gasteiger partial charge in [0.15, 0.2) is 0 Å². The molecule has 0 spiro atoms. The van der Waals surface area contributed by atoms with Gasteiger partial charge in [-0.15, -0.1) is 0 Å². The number of anilines is 1. The normalized spacial score (nSPS) is 28.0. The van der Waals surface area contributed by atoms with Gasteiger partial charge in [0.1, 0.15) is 0 Å². The molecule has 1 aliphatic carbocycles. The Morgan fingerprint density at radius 3 is 2.58 bits per heavy atom. The van der Waals surface area contributed by atoms with Crippen molar-refractivity contribution in [3.05, 3.63) is 31.0 Å². The Kier molecular flexibility index (Phi) is 6.39.